The van der Waals surface area contributed by atoms with Gasteiger partial charge in [0, 0.05) is 19.3 Å². The van der Waals surface area contributed by atoms with Crippen LogP contribution in [0.4, 0.5) is 0 Å². The van der Waals surface area contributed by atoms with Crippen molar-refractivity contribution in [1.82, 2.24) is 0 Å². The van der Waals surface area contributed by atoms with Crippen LogP contribution in [0.2, 0.25) is 0 Å². The number of hydrogen-bond acceptors (Lipinski definition) is 23. The van der Waals surface area contributed by atoms with Crippen LogP contribution in [0.15, 0.2) is 0 Å². The second-order valence-electron chi connectivity index (χ2n) is 28.4. The van der Waals surface area contributed by atoms with E-state index in [1.165, 1.54) is 167 Å². The van der Waals surface area contributed by atoms with Gasteiger partial charge in [-0.3, -0.25) is 23.4 Å². The van der Waals surface area contributed by atoms with Gasteiger partial charge in [0.05, 0.1) is 13.2 Å². The molecule has 18 atom stereocenters. The zero-order valence-electron chi connectivity index (χ0n) is 61.1. The van der Waals surface area contributed by atoms with Crippen LogP contribution in [0.5, 0.6) is 0 Å². The summed E-state index contributed by atoms with van der Waals surface area (Å²) in [5.74, 6) is -1.97. The fourth-order valence-corrected chi connectivity index (χ4v) is 14.2. The van der Waals surface area contributed by atoms with Crippen molar-refractivity contribution in [3.05, 3.63) is 0 Å². The Hall–Kier alpha value is -2.04. The Morgan fingerprint density at radius 1 is 0.354 bits per heavy atom. The lowest BCUT2D eigenvalue weighted by Gasteiger charge is -2.49. The number of hydrogen-bond donors (Lipinski definition) is 11. The molecule has 0 aromatic carbocycles. The maximum Gasteiger partial charge on any atom is 0.472 e. The second kappa shape index (κ2) is 56.3. The first kappa shape index (κ1) is 91.2. The average molecular weight is 1440 g/mol. The Labute approximate surface area is 593 Å². The molecule has 2 aliphatic heterocycles. The molecule has 0 aromatic heterocycles. The summed E-state index contributed by atoms with van der Waals surface area (Å²) >= 11 is 0. The number of carbonyl (C=O) groups excluding carboxylic acids is 3. The Morgan fingerprint density at radius 3 is 0.990 bits per heavy atom. The van der Waals surface area contributed by atoms with E-state index in [9.17, 15) is 74.9 Å². The van der Waals surface area contributed by atoms with Gasteiger partial charge in [-0.2, -0.15) is 0 Å². The third-order valence-corrected chi connectivity index (χ3v) is 20.6. The van der Waals surface area contributed by atoms with Crippen molar-refractivity contribution in [3.8, 4) is 0 Å². The largest absolute Gasteiger partial charge is 0.472 e. The van der Waals surface area contributed by atoms with Crippen molar-refractivity contribution in [2.75, 3.05) is 26.4 Å². The van der Waals surface area contributed by atoms with Crippen LogP contribution in [0.3, 0.4) is 0 Å². The van der Waals surface area contributed by atoms with Crippen LogP contribution in [0, 0.1) is 0 Å². The maximum atomic E-state index is 14.3. The summed E-state index contributed by atoms with van der Waals surface area (Å²) in [5.41, 5.74) is 0. The molecule has 18 unspecified atom stereocenters. The lowest BCUT2D eigenvalue weighted by atomic mass is 9.84. The summed E-state index contributed by atoms with van der Waals surface area (Å²) in [7, 11) is -5.69. The molecule has 24 nitrogen and oxygen atoms in total. The lowest BCUT2D eigenvalue weighted by Crippen LogP contribution is -2.69. The number of carbonyl (C=O) groups is 3. The van der Waals surface area contributed by atoms with Gasteiger partial charge in [0.1, 0.15) is 98.7 Å². The minimum atomic E-state index is -5.69. The molecule has 0 spiro atoms. The quantitative estimate of drug-likeness (QED) is 0.0117. The molecule has 3 fully saturated rings. The predicted molar refractivity (Wildman–Crippen MR) is 375 cm³/mol. The van der Waals surface area contributed by atoms with Gasteiger partial charge < -0.3 is 89.1 Å². The molecule has 25 heteroatoms. The van der Waals surface area contributed by atoms with E-state index in [2.05, 4.69) is 20.8 Å². The molecule has 1 saturated carbocycles. The minimum Gasteiger partial charge on any atom is -0.463 e. The summed E-state index contributed by atoms with van der Waals surface area (Å²) in [6, 6.07) is 0. The molecule has 0 radical (unpaired) electrons. The minimum absolute atomic E-state index is 0.0328. The van der Waals surface area contributed by atoms with E-state index in [0.29, 0.717) is 19.3 Å². The summed E-state index contributed by atoms with van der Waals surface area (Å²) < 4.78 is 65.1. The molecule has 99 heavy (non-hydrogen) atoms. The van der Waals surface area contributed by atoms with Crippen LogP contribution >= 0.6 is 7.82 Å². The molecule has 0 amide bonds. The number of ether oxygens (including phenoxy) is 7. The normalized spacial score (nSPS) is 27.4. The van der Waals surface area contributed by atoms with E-state index in [-0.39, 0.29) is 19.3 Å². The van der Waals surface area contributed by atoms with Gasteiger partial charge in [-0.1, -0.05) is 284 Å². The monoisotopic (exact) mass is 1440 g/mol. The van der Waals surface area contributed by atoms with Gasteiger partial charge in [-0.15, -0.1) is 0 Å². The fourth-order valence-electron chi connectivity index (χ4n) is 13.2. The van der Waals surface area contributed by atoms with Crippen LogP contribution < -0.4 is 0 Å². The summed E-state index contributed by atoms with van der Waals surface area (Å²) in [6.45, 7) is 3.48. The molecule has 2 heterocycles. The van der Waals surface area contributed by atoms with Crippen molar-refractivity contribution in [1.29, 1.82) is 0 Å². The summed E-state index contributed by atoms with van der Waals surface area (Å²) in [5, 5.41) is 110. The van der Waals surface area contributed by atoms with Crippen LogP contribution in [-0.4, -0.2) is 204 Å². The van der Waals surface area contributed by atoms with Crippen molar-refractivity contribution in [2.45, 2.75) is 427 Å². The van der Waals surface area contributed by atoms with Gasteiger partial charge in [-0.25, -0.2) is 4.57 Å². The van der Waals surface area contributed by atoms with E-state index >= 15 is 0 Å². The highest BCUT2D eigenvalue weighted by atomic mass is 31.2. The summed E-state index contributed by atoms with van der Waals surface area (Å²) in [4.78, 5) is 51.0. The van der Waals surface area contributed by atoms with Gasteiger partial charge in [0.15, 0.2) is 18.7 Å². The molecule has 11 N–H and O–H groups in total. The van der Waals surface area contributed by atoms with Gasteiger partial charge in [0.2, 0.25) is 0 Å². The maximum absolute atomic E-state index is 14.3. The molecule has 2 saturated heterocycles. The van der Waals surface area contributed by atoms with Gasteiger partial charge in [-0.05, 0) is 19.3 Å². The standard InChI is InChI=1S/C74H139O24P/c1-4-7-10-13-16-19-22-24-26-28-30-32-35-38-41-44-47-50-60(78)93-55(52-90-58(76)48-45-42-39-36-33-21-18-15-12-9-6-3)53-92-99(88,89)98-72-70(96-73-68(86)63(81)61(79)56(51-75)94-73)66(84)65(83)67(85)71(72)97-74-69(87)64(82)62(80)57(95-74)54-91-59(77)49-46-43-40-37-34-31-29-27-25-23-20-17-14-11-8-5-2/h55-57,61-75,79-87H,4-54H2,1-3H3,(H,88,89). The number of phosphoric acid groups is 1. The number of aliphatic hydroxyl groups is 10. The molecular formula is C74H139O24P. The molecule has 1 aliphatic carbocycles. The molecule has 3 rings (SSSR count). The number of rotatable bonds is 62. The number of phosphoric ester groups is 1. The van der Waals surface area contributed by atoms with E-state index < -0.39 is 156 Å². The van der Waals surface area contributed by atoms with Crippen LogP contribution in [0.1, 0.15) is 323 Å². The van der Waals surface area contributed by atoms with Crippen molar-refractivity contribution in [2.24, 2.45) is 0 Å². The molecule has 584 valence electrons. The lowest BCUT2D eigenvalue weighted by molar-refractivity contribution is -0.360. The fraction of sp³-hybridized carbons (Fsp3) is 0.959. The highest BCUT2D eigenvalue weighted by molar-refractivity contribution is 7.47. The molecule has 0 aromatic rings. The highest BCUT2D eigenvalue weighted by Crippen LogP contribution is 2.49. The predicted octanol–water partition coefficient (Wildman–Crippen LogP) is 11.4. The SMILES string of the molecule is CCCCCCCCCCCCCCCCCCCC(=O)OC(COC(=O)CCCCCCCCCCCCC)COP(=O)(O)OC1C(OC2OC(CO)C(O)C(O)C2O)C(O)C(O)C(O)C1OC1OC(COC(=O)CCCCCCCCCCCCCCCCCC)C(O)C(O)C1O. The van der Waals surface area contributed by atoms with E-state index in [4.69, 9.17) is 42.2 Å². The van der Waals surface area contributed by atoms with Crippen LogP contribution in [-0.2, 0) is 61.2 Å². The third kappa shape index (κ3) is 39.2. The highest BCUT2D eigenvalue weighted by Gasteiger charge is 2.58. The first-order chi connectivity index (χ1) is 47.8. The Kier molecular flexibility index (Phi) is 51.9. The number of esters is 3. The first-order valence-electron chi connectivity index (χ1n) is 39.3. The topological polar surface area (TPSA) is 374 Å². The zero-order chi connectivity index (χ0) is 72.5. The van der Waals surface area contributed by atoms with Crippen molar-refractivity contribution < 1.29 is 117 Å². The Bertz CT molecular complexity index is 2050. The van der Waals surface area contributed by atoms with Crippen molar-refractivity contribution in [3.63, 3.8) is 0 Å². The number of unbranched alkanes of at least 4 members (excludes halogenated alkanes) is 41. The van der Waals surface area contributed by atoms with Gasteiger partial charge >= 0.3 is 25.7 Å². The Morgan fingerprint density at radius 2 is 0.646 bits per heavy atom. The first-order valence-corrected chi connectivity index (χ1v) is 40.8. The van der Waals surface area contributed by atoms with E-state index in [0.717, 1.165) is 96.3 Å². The summed E-state index contributed by atoms with van der Waals surface area (Å²) in [6.07, 6.45) is 14.4. The molecular weight excluding hydrogens is 1300 g/mol. The van der Waals surface area contributed by atoms with E-state index in [1.807, 2.05) is 0 Å². The Balaban J connectivity index is 1.70. The number of aliphatic hydroxyl groups excluding tert-OH is 10. The smallest absolute Gasteiger partial charge is 0.463 e. The van der Waals surface area contributed by atoms with Crippen LogP contribution in [0.25, 0.3) is 0 Å². The van der Waals surface area contributed by atoms with Crippen molar-refractivity contribution >= 4 is 25.7 Å². The molecule has 0 bridgehead atoms. The molecule has 3 aliphatic rings. The van der Waals surface area contributed by atoms with Gasteiger partial charge in [0.25, 0.3) is 0 Å². The zero-order valence-corrected chi connectivity index (χ0v) is 61.9. The van der Waals surface area contributed by atoms with E-state index in [1.54, 1.807) is 0 Å². The second-order valence-corrected chi connectivity index (χ2v) is 29.8. The third-order valence-electron chi connectivity index (χ3n) is 19.6. The average Bonchev–Trinajstić information content (AvgIpc) is 0.763.